The summed E-state index contributed by atoms with van der Waals surface area (Å²) in [6.07, 6.45) is -1.72. The number of halogens is 3. The molecule has 1 heterocycles. The van der Waals surface area contributed by atoms with Crippen LogP contribution >= 0.6 is 23.2 Å². The Balaban J connectivity index is 2.71. The van der Waals surface area contributed by atoms with E-state index in [9.17, 15) is 4.39 Å². The molecule has 0 bridgehead atoms. The predicted molar refractivity (Wildman–Crippen MR) is 25.8 cm³/mol. The zero-order valence-corrected chi connectivity index (χ0v) is 5.04. The van der Waals surface area contributed by atoms with Crippen molar-refractivity contribution in [3.8, 4) is 0 Å². The molecule has 1 aliphatic rings. The highest BCUT2D eigenvalue weighted by atomic mass is 35.5. The molecule has 2 nitrogen and oxygen atoms in total. The molecule has 0 aromatic heterocycles. The van der Waals surface area contributed by atoms with Crippen LogP contribution in [0.15, 0.2) is 10.3 Å². The summed E-state index contributed by atoms with van der Waals surface area (Å²) in [6, 6.07) is 0. The maximum atomic E-state index is 11.9. The Hall–Kier alpha value is 0.01000. The van der Waals surface area contributed by atoms with Crippen molar-refractivity contribution in [2.75, 3.05) is 0 Å². The van der Waals surface area contributed by atoms with Crippen molar-refractivity contribution in [1.29, 1.82) is 0 Å². The van der Waals surface area contributed by atoms with E-state index in [-0.39, 0.29) is 10.3 Å². The van der Waals surface area contributed by atoms with E-state index in [2.05, 4.69) is 9.78 Å². The highest BCUT2D eigenvalue weighted by Gasteiger charge is 2.26. The first-order valence-electron chi connectivity index (χ1n) is 1.74. The molecule has 46 valence electrons. The third-order valence-electron chi connectivity index (χ3n) is 0.593. The molecule has 0 radical (unpaired) electrons. The van der Waals surface area contributed by atoms with Crippen LogP contribution in [-0.4, -0.2) is 6.36 Å². The van der Waals surface area contributed by atoms with Gasteiger partial charge in [0.15, 0.2) is 0 Å². The highest BCUT2D eigenvalue weighted by Crippen LogP contribution is 2.28. The smallest absolute Gasteiger partial charge is 0.283 e. The van der Waals surface area contributed by atoms with Gasteiger partial charge in [-0.05, 0) is 11.6 Å². The van der Waals surface area contributed by atoms with Gasteiger partial charge in [0, 0.05) is 0 Å². The minimum absolute atomic E-state index is 0.237. The van der Waals surface area contributed by atoms with Gasteiger partial charge in [-0.3, -0.25) is 0 Å². The number of hydrogen-bond acceptors (Lipinski definition) is 2. The van der Waals surface area contributed by atoms with Gasteiger partial charge in [0.05, 0.1) is 0 Å². The van der Waals surface area contributed by atoms with Crippen molar-refractivity contribution in [2.24, 2.45) is 0 Å². The molecule has 0 N–H and O–H groups in total. The van der Waals surface area contributed by atoms with Gasteiger partial charge in [-0.25, -0.2) is 4.39 Å². The van der Waals surface area contributed by atoms with Crippen LogP contribution in [0.2, 0.25) is 0 Å². The second kappa shape index (κ2) is 2.09. The standard InChI is InChI=1S/C3HCl2FO2/c4-1-2(5)7-8-3(1)6/h3H. The van der Waals surface area contributed by atoms with E-state index in [4.69, 9.17) is 23.2 Å². The van der Waals surface area contributed by atoms with Crippen LogP contribution in [0.1, 0.15) is 0 Å². The van der Waals surface area contributed by atoms with Crippen molar-refractivity contribution in [2.45, 2.75) is 6.36 Å². The van der Waals surface area contributed by atoms with Crippen LogP contribution in [0.4, 0.5) is 4.39 Å². The molecule has 0 aromatic carbocycles. The average Bonchev–Trinajstić information content (AvgIpc) is 1.98. The SMILES string of the molecule is FC1OOC(Cl)=C1Cl. The molecule has 1 aliphatic heterocycles. The van der Waals surface area contributed by atoms with Gasteiger partial charge in [-0.15, -0.1) is 4.89 Å². The predicted octanol–water partition coefficient (Wildman–Crippen LogP) is 1.89. The van der Waals surface area contributed by atoms with E-state index in [0.29, 0.717) is 0 Å². The van der Waals surface area contributed by atoms with Gasteiger partial charge < -0.3 is 4.89 Å². The fourth-order valence-electron chi connectivity index (χ4n) is 0.256. The normalized spacial score (nSPS) is 28.6. The first-order chi connectivity index (χ1) is 3.72. The molecule has 5 heteroatoms. The summed E-state index contributed by atoms with van der Waals surface area (Å²) >= 11 is 10.3. The monoisotopic (exact) mass is 158 g/mol. The molecule has 8 heavy (non-hydrogen) atoms. The Morgan fingerprint density at radius 1 is 1.50 bits per heavy atom. The number of alkyl halides is 1. The van der Waals surface area contributed by atoms with Gasteiger partial charge in [-0.1, -0.05) is 11.6 Å². The van der Waals surface area contributed by atoms with E-state index in [0.717, 1.165) is 0 Å². The van der Waals surface area contributed by atoms with Gasteiger partial charge in [0.25, 0.3) is 11.6 Å². The molecular weight excluding hydrogens is 158 g/mol. The van der Waals surface area contributed by atoms with Crippen molar-refractivity contribution >= 4 is 23.2 Å². The maximum absolute atomic E-state index is 11.9. The van der Waals surface area contributed by atoms with Crippen LogP contribution in [0.25, 0.3) is 0 Å². The summed E-state index contributed by atoms with van der Waals surface area (Å²) in [5.74, 6) is 0. The zero-order chi connectivity index (χ0) is 6.15. The van der Waals surface area contributed by atoms with Gasteiger partial charge in [-0.2, -0.15) is 0 Å². The van der Waals surface area contributed by atoms with Crippen molar-refractivity contribution < 1.29 is 14.2 Å². The lowest BCUT2D eigenvalue weighted by atomic mass is 10.6. The summed E-state index contributed by atoms with van der Waals surface area (Å²) in [5, 5.41) is -0.481. The molecule has 0 aromatic rings. The summed E-state index contributed by atoms with van der Waals surface area (Å²) in [4.78, 5) is 7.89. The van der Waals surface area contributed by atoms with E-state index >= 15 is 0 Å². The lowest BCUT2D eigenvalue weighted by Gasteiger charge is -1.90. The average molecular weight is 159 g/mol. The molecule has 0 amide bonds. The second-order valence-electron chi connectivity index (χ2n) is 1.12. The van der Waals surface area contributed by atoms with Crippen molar-refractivity contribution in [1.82, 2.24) is 0 Å². The van der Waals surface area contributed by atoms with E-state index in [1.165, 1.54) is 0 Å². The molecule has 0 saturated carbocycles. The first kappa shape index (κ1) is 6.13. The molecule has 1 rings (SSSR count). The third-order valence-corrected chi connectivity index (χ3v) is 1.30. The molecule has 0 spiro atoms. The van der Waals surface area contributed by atoms with Crippen LogP contribution in [0.3, 0.4) is 0 Å². The largest absolute Gasteiger partial charge is 0.320 e. The molecule has 0 saturated heterocycles. The zero-order valence-electron chi connectivity index (χ0n) is 3.53. The van der Waals surface area contributed by atoms with Crippen LogP contribution in [0.5, 0.6) is 0 Å². The number of rotatable bonds is 0. The summed E-state index contributed by atoms with van der Waals surface area (Å²) in [5.41, 5.74) is 0. The van der Waals surface area contributed by atoms with E-state index in [1.54, 1.807) is 0 Å². The second-order valence-corrected chi connectivity index (χ2v) is 1.87. The Labute approximate surface area is 54.7 Å². The Kier molecular flexibility index (Phi) is 1.60. The van der Waals surface area contributed by atoms with Gasteiger partial charge in [0.1, 0.15) is 5.03 Å². The Bertz CT molecular complexity index is 135. The molecule has 0 aliphatic carbocycles. The van der Waals surface area contributed by atoms with E-state index < -0.39 is 6.36 Å². The topological polar surface area (TPSA) is 18.5 Å². The minimum atomic E-state index is -1.72. The van der Waals surface area contributed by atoms with Crippen LogP contribution < -0.4 is 0 Å². The van der Waals surface area contributed by atoms with Crippen molar-refractivity contribution in [3.63, 3.8) is 0 Å². The first-order valence-corrected chi connectivity index (χ1v) is 2.50. The molecule has 0 fully saturated rings. The minimum Gasteiger partial charge on any atom is -0.320 e. The van der Waals surface area contributed by atoms with Gasteiger partial charge >= 0.3 is 0 Å². The maximum Gasteiger partial charge on any atom is 0.283 e. The van der Waals surface area contributed by atoms with Gasteiger partial charge in [0.2, 0.25) is 0 Å². The van der Waals surface area contributed by atoms with E-state index in [1.807, 2.05) is 0 Å². The fourth-order valence-corrected chi connectivity index (χ4v) is 0.446. The lowest BCUT2D eigenvalue weighted by Crippen LogP contribution is -1.95. The number of hydrogen-bond donors (Lipinski definition) is 0. The quantitative estimate of drug-likeness (QED) is 0.502. The highest BCUT2D eigenvalue weighted by molar-refractivity contribution is 6.38. The van der Waals surface area contributed by atoms with Crippen LogP contribution in [-0.2, 0) is 9.78 Å². The van der Waals surface area contributed by atoms with Crippen LogP contribution in [0, 0.1) is 0 Å². The Morgan fingerprint density at radius 3 is 2.25 bits per heavy atom. The summed E-state index contributed by atoms with van der Waals surface area (Å²) < 4.78 is 11.9. The summed E-state index contributed by atoms with van der Waals surface area (Å²) in [6.45, 7) is 0. The van der Waals surface area contributed by atoms with Crippen molar-refractivity contribution in [3.05, 3.63) is 10.3 Å². The molecule has 1 unspecified atom stereocenters. The third kappa shape index (κ3) is 0.891. The fraction of sp³-hybridized carbons (Fsp3) is 0.333. The summed E-state index contributed by atoms with van der Waals surface area (Å²) in [7, 11) is 0. The lowest BCUT2D eigenvalue weighted by molar-refractivity contribution is -0.285. The Morgan fingerprint density at radius 2 is 2.12 bits per heavy atom. The molecule has 1 atom stereocenters. The molecular formula is C3HCl2FO2.